The molecular weight excluding hydrogens is 423 g/mol. The Kier molecular flexibility index (Phi) is 5.52. The van der Waals surface area contributed by atoms with Crippen molar-refractivity contribution in [3.63, 3.8) is 0 Å². The molecule has 1 aromatic carbocycles. The third-order valence-corrected chi connectivity index (χ3v) is 5.42. The number of benzene rings is 1. The van der Waals surface area contributed by atoms with Crippen LogP contribution in [0.4, 0.5) is 10.2 Å². The molecule has 0 fully saturated rings. The standard InChI is InChI=1S/C24H21FN6O2/c1-15-7-8-16(13-26-15)17-11-18-21(12-19(17)25)33-10-3-2-9-31-14-27-30-23(31)20-5-4-6-22(28-20)29-24(18)32/h4-8,11-14H,2-3,9-10H2,1H3,(H,28,29,32). The zero-order valence-electron chi connectivity index (χ0n) is 18.0. The molecule has 9 heteroatoms. The molecule has 0 radical (unpaired) electrons. The smallest absolute Gasteiger partial charge is 0.260 e. The first kappa shape index (κ1) is 20.7. The molecule has 8 nitrogen and oxygen atoms in total. The summed E-state index contributed by atoms with van der Waals surface area (Å²) >= 11 is 0. The van der Waals surface area contributed by atoms with Crippen LogP contribution in [0, 0.1) is 12.7 Å². The molecule has 2 bridgehead atoms. The summed E-state index contributed by atoms with van der Waals surface area (Å²) in [7, 11) is 0. The molecule has 3 aromatic heterocycles. The van der Waals surface area contributed by atoms with Gasteiger partial charge in [-0.15, -0.1) is 10.2 Å². The minimum Gasteiger partial charge on any atom is -0.493 e. The summed E-state index contributed by atoms with van der Waals surface area (Å²) in [5.41, 5.74) is 2.49. The van der Waals surface area contributed by atoms with Crippen LogP contribution >= 0.6 is 0 Å². The molecule has 166 valence electrons. The fourth-order valence-corrected chi connectivity index (χ4v) is 3.70. The van der Waals surface area contributed by atoms with E-state index in [0.29, 0.717) is 42.5 Å². The number of hydrogen-bond acceptors (Lipinski definition) is 6. The van der Waals surface area contributed by atoms with Gasteiger partial charge in [-0.25, -0.2) is 9.37 Å². The SMILES string of the molecule is Cc1ccc(-c2cc3c(cc2F)OCCCCn2cnnc2-c2cccc(n2)NC3=O)cn1. The molecule has 5 rings (SSSR count). The lowest BCUT2D eigenvalue weighted by Gasteiger charge is -2.15. The summed E-state index contributed by atoms with van der Waals surface area (Å²) in [4.78, 5) is 22.0. The van der Waals surface area contributed by atoms with Crippen molar-refractivity contribution in [1.82, 2.24) is 24.7 Å². The number of halogens is 1. The monoisotopic (exact) mass is 444 g/mol. The van der Waals surface area contributed by atoms with E-state index in [1.807, 2.05) is 17.6 Å². The number of rotatable bonds is 1. The number of anilines is 1. The Bertz CT molecular complexity index is 1320. The van der Waals surface area contributed by atoms with Crippen molar-refractivity contribution in [2.45, 2.75) is 26.3 Å². The predicted octanol–water partition coefficient (Wildman–Crippen LogP) is 4.27. The summed E-state index contributed by atoms with van der Waals surface area (Å²) < 4.78 is 22.8. The second kappa shape index (κ2) is 8.78. The van der Waals surface area contributed by atoms with Crippen LogP contribution in [0.2, 0.25) is 0 Å². The number of pyridine rings is 2. The van der Waals surface area contributed by atoms with E-state index in [-0.39, 0.29) is 16.9 Å². The quantitative estimate of drug-likeness (QED) is 0.471. The Morgan fingerprint density at radius 3 is 2.88 bits per heavy atom. The van der Waals surface area contributed by atoms with E-state index in [1.54, 1.807) is 36.8 Å². The molecule has 1 N–H and O–H groups in total. The largest absolute Gasteiger partial charge is 0.493 e. The summed E-state index contributed by atoms with van der Waals surface area (Å²) in [6.07, 6.45) is 4.74. The molecule has 0 atom stereocenters. The van der Waals surface area contributed by atoms with Gasteiger partial charge >= 0.3 is 0 Å². The first-order chi connectivity index (χ1) is 16.1. The number of carbonyl (C=O) groups excluding carboxylic acids is 1. The van der Waals surface area contributed by atoms with Crippen molar-refractivity contribution in [2.75, 3.05) is 11.9 Å². The molecule has 0 saturated carbocycles. The van der Waals surface area contributed by atoms with Crippen molar-refractivity contribution in [1.29, 1.82) is 0 Å². The van der Waals surface area contributed by atoms with Crippen LogP contribution in [-0.4, -0.2) is 37.2 Å². The highest BCUT2D eigenvalue weighted by Gasteiger charge is 2.20. The van der Waals surface area contributed by atoms with Gasteiger partial charge in [0.1, 0.15) is 29.4 Å². The molecule has 1 aliphatic heterocycles. The summed E-state index contributed by atoms with van der Waals surface area (Å²) in [5.74, 6) is 0.225. The number of hydrogen-bond donors (Lipinski definition) is 1. The van der Waals surface area contributed by atoms with E-state index in [0.717, 1.165) is 12.1 Å². The first-order valence-corrected chi connectivity index (χ1v) is 10.6. The number of aryl methyl sites for hydroxylation is 2. The molecular formula is C24H21FN6O2. The number of fused-ring (bicyclic) bond motifs is 5. The lowest BCUT2D eigenvalue weighted by Crippen LogP contribution is -2.16. The van der Waals surface area contributed by atoms with Crippen molar-refractivity contribution in [3.8, 4) is 28.4 Å². The van der Waals surface area contributed by atoms with Gasteiger partial charge in [0.25, 0.3) is 5.91 Å². The van der Waals surface area contributed by atoms with Crippen LogP contribution in [0.25, 0.3) is 22.6 Å². The van der Waals surface area contributed by atoms with Gasteiger partial charge in [0.2, 0.25) is 0 Å². The summed E-state index contributed by atoms with van der Waals surface area (Å²) in [6, 6.07) is 11.6. The van der Waals surface area contributed by atoms with E-state index in [2.05, 4.69) is 25.5 Å². The zero-order chi connectivity index (χ0) is 22.8. The molecule has 1 aliphatic rings. The van der Waals surface area contributed by atoms with Crippen LogP contribution in [-0.2, 0) is 6.54 Å². The van der Waals surface area contributed by atoms with Gasteiger partial charge in [0.15, 0.2) is 5.82 Å². The Balaban J connectivity index is 1.56. The van der Waals surface area contributed by atoms with Crippen LogP contribution in [0.5, 0.6) is 5.75 Å². The molecule has 0 spiro atoms. The number of aromatic nitrogens is 5. The van der Waals surface area contributed by atoms with Crippen molar-refractivity contribution < 1.29 is 13.9 Å². The van der Waals surface area contributed by atoms with E-state index in [1.165, 1.54) is 12.1 Å². The Morgan fingerprint density at radius 2 is 2.03 bits per heavy atom. The van der Waals surface area contributed by atoms with Gasteiger partial charge in [-0.2, -0.15) is 0 Å². The van der Waals surface area contributed by atoms with Crippen LogP contribution in [0.1, 0.15) is 28.9 Å². The molecule has 0 unspecified atom stereocenters. The molecule has 1 amide bonds. The summed E-state index contributed by atoms with van der Waals surface area (Å²) in [6.45, 7) is 2.88. The van der Waals surface area contributed by atoms with E-state index < -0.39 is 11.7 Å². The Hall–Kier alpha value is -4.14. The number of nitrogens with one attached hydrogen (secondary N) is 1. The maximum atomic E-state index is 15.0. The third-order valence-electron chi connectivity index (χ3n) is 5.42. The first-order valence-electron chi connectivity index (χ1n) is 10.6. The van der Waals surface area contributed by atoms with Crippen molar-refractivity contribution in [3.05, 3.63) is 72.1 Å². The molecule has 4 heterocycles. The molecule has 33 heavy (non-hydrogen) atoms. The third kappa shape index (κ3) is 4.30. The fraction of sp³-hybridized carbons (Fsp3) is 0.208. The number of carbonyl (C=O) groups is 1. The van der Waals surface area contributed by atoms with Gasteiger partial charge in [-0.3, -0.25) is 9.78 Å². The second-order valence-electron chi connectivity index (χ2n) is 7.78. The van der Waals surface area contributed by atoms with Gasteiger partial charge in [0.05, 0.1) is 12.2 Å². The van der Waals surface area contributed by atoms with E-state index in [9.17, 15) is 4.79 Å². The van der Waals surface area contributed by atoms with Gasteiger partial charge in [-0.05, 0) is 44.0 Å². The van der Waals surface area contributed by atoms with Crippen LogP contribution in [0.3, 0.4) is 0 Å². The van der Waals surface area contributed by atoms with Crippen LogP contribution in [0.15, 0.2) is 55.0 Å². The Morgan fingerprint density at radius 1 is 1.12 bits per heavy atom. The van der Waals surface area contributed by atoms with Crippen LogP contribution < -0.4 is 10.1 Å². The van der Waals surface area contributed by atoms with Gasteiger partial charge < -0.3 is 14.6 Å². The zero-order valence-corrected chi connectivity index (χ0v) is 18.0. The van der Waals surface area contributed by atoms with E-state index >= 15 is 4.39 Å². The topological polar surface area (TPSA) is 94.8 Å². The lowest BCUT2D eigenvalue weighted by atomic mass is 10.0. The number of amides is 1. The minimum atomic E-state index is -0.484. The van der Waals surface area contributed by atoms with Crippen molar-refractivity contribution in [2.24, 2.45) is 0 Å². The van der Waals surface area contributed by atoms with Gasteiger partial charge in [-0.1, -0.05) is 12.1 Å². The number of ether oxygens (including phenoxy) is 1. The highest BCUT2D eigenvalue weighted by Crippen LogP contribution is 2.31. The lowest BCUT2D eigenvalue weighted by molar-refractivity contribution is 0.102. The highest BCUT2D eigenvalue weighted by molar-refractivity contribution is 6.06. The summed E-state index contributed by atoms with van der Waals surface area (Å²) in [5, 5.41) is 11.0. The Labute approximate surface area is 189 Å². The second-order valence-corrected chi connectivity index (χ2v) is 7.78. The fourth-order valence-electron chi connectivity index (χ4n) is 3.70. The van der Waals surface area contributed by atoms with Crippen molar-refractivity contribution >= 4 is 11.7 Å². The normalized spacial score (nSPS) is 13.8. The minimum absolute atomic E-state index is 0.187. The van der Waals surface area contributed by atoms with E-state index in [4.69, 9.17) is 4.74 Å². The molecule has 4 aromatic rings. The maximum absolute atomic E-state index is 15.0. The highest BCUT2D eigenvalue weighted by atomic mass is 19.1. The average Bonchev–Trinajstić information content (AvgIpc) is 3.28. The maximum Gasteiger partial charge on any atom is 0.260 e. The number of nitrogens with zero attached hydrogens (tertiary/aromatic N) is 5. The predicted molar refractivity (Wildman–Crippen MR) is 120 cm³/mol. The molecule has 0 saturated heterocycles. The van der Waals surface area contributed by atoms with Gasteiger partial charge in [0, 0.05) is 35.6 Å². The average molecular weight is 444 g/mol. The molecule has 0 aliphatic carbocycles.